The third kappa shape index (κ3) is 3.58. The van der Waals surface area contributed by atoms with Crippen molar-refractivity contribution in [2.24, 2.45) is 0 Å². The zero-order valence-corrected chi connectivity index (χ0v) is 15.2. The van der Waals surface area contributed by atoms with Crippen molar-refractivity contribution in [3.63, 3.8) is 0 Å². The van der Waals surface area contributed by atoms with Crippen molar-refractivity contribution in [1.29, 1.82) is 0 Å². The van der Waals surface area contributed by atoms with E-state index in [0.717, 1.165) is 0 Å². The number of benzene rings is 2. The molecule has 8 nitrogen and oxygen atoms in total. The zero-order chi connectivity index (χ0) is 20.3. The third-order valence-corrected chi connectivity index (χ3v) is 4.13. The van der Waals surface area contributed by atoms with Gasteiger partial charge in [0.25, 0.3) is 0 Å². The van der Waals surface area contributed by atoms with Gasteiger partial charge in [-0.25, -0.2) is 23.9 Å². The molecule has 144 valence electrons. The van der Waals surface area contributed by atoms with Crippen LogP contribution in [0.4, 0.5) is 4.79 Å². The minimum atomic E-state index is -0.998. The van der Waals surface area contributed by atoms with Gasteiger partial charge in [0.2, 0.25) is 0 Å². The van der Waals surface area contributed by atoms with Crippen LogP contribution in [0, 0.1) is 6.92 Å². The maximum Gasteiger partial charge on any atom is 0.461 e. The van der Waals surface area contributed by atoms with Crippen LogP contribution in [0.2, 0.25) is 0 Å². The molecule has 3 aromatic rings. The van der Waals surface area contributed by atoms with Gasteiger partial charge in [-0.3, -0.25) is 4.79 Å². The number of carbonyl (C=O) groups excluding carboxylic acids is 3. The molecule has 0 radical (unpaired) electrons. The largest absolute Gasteiger partial charge is 0.461 e. The van der Waals surface area contributed by atoms with Gasteiger partial charge in [0.15, 0.2) is 0 Å². The van der Waals surface area contributed by atoms with Crippen LogP contribution in [0.1, 0.15) is 28.5 Å². The minimum Gasteiger partial charge on any atom is -0.426 e. The van der Waals surface area contributed by atoms with E-state index in [0.29, 0.717) is 22.2 Å². The number of aromatic nitrogens is 1. The molecule has 1 heterocycles. The molecule has 0 spiro atoms. The second kappa shape index (κ2) is 7.93. The highest BCUT2D eigenvalue weighted by atomic mass is 17.2. The van der Waals surface area contributed by atoms with Crippen LogP contribution >= 0.6 is 0 Å². The monoisotopic (exact) mass is 383 g/mol. The smallest absolute Gasteiger partial charge is 0.426 e. The highest BCUT2D eigenvalue weighted by Crippen LogP contribution is 2.26. The average molecular weight is 383 g/mol. The molecule has 0 bridgehead atoms. The highest BCUT2D eigenvalue weighted by molar-refractivity contribution is 5.95. The summed E-state index contributed by atoms with van der Waals surface area (Å²) in [4.78, 5) is 45.3. The molecule has 0 fully saturated rings. The standard InChI is InChI=1S/C20H17NO7/c1-12-16(11-22)14-7-3-5-9-17(14)21(12)20(25)28-27-19(24)15-8-4-6-10-18(15)26-13(2)23/h3-10,22H,11H2,1-2H3. The molecule has 28 heavy (non-hydrogen) atoms. The Kier molecular flexibility index (Phi) is 5.42. The summed E-state index contributed by atoms with van der Waals surface area (Å²) in [5.74, 6) is -1.62. The fourth-order valence-corrected chi connectivity index (χ4v) is 2.90. The molecule has 0 aliphatic heterocycles. The summed E-state index contributed by atoms with van der Waals surface area (Å²) < 4.78 is 6.14. The number of aliphatic hydroxyl groups excluding tert-OH is 1. The highest BCUT2D eigenvalue weighted by Gasteiger charge is 2.22. The molecule has 1 aromatic heterocycles. The van der Waals surface area contributed by atoms with E-state index in [1.54, 1.807) is 43.3 Å². The van der Waals surface area contributed by atoms with Crippen molar-refractivity contribution < 1.29 is 34.0 Å². The van der Waals surface area contributed by atoms with Crippen molar-refractivity contribution in [1.82, 2.24) is 4.57 Å². The Morgan fingerprint density at radius 3 is 2.39 bits per heavy atom. The number of hydrogen-bond donors (Lipinski definition) is 1. The lowest BCUT2D eigenvalue weighted by molar-refractivity contribution is -0.183. The Bertz CT molecular complexity index is 1070. The van der Waals surface area contributed by atoms with Gasteiger partial charge in [-0.1, -0.05) is 30.3 Å². The maximum absolute atomic E-state index is 12.5. The number of hydrogen-bond acceptors (Lipinski definition) is 7. The number of ether oxygens (including phenoxy) is 1. The fraction of sp³-hybridized carbons (Fsp3) is 0.150. The quantitative estimate of drug-likeness (QED) is 0.321. The molecule has 8 heteroatoms. The first-order valence-corrected chi connectivity index (χ1v) is 8.34. The van der Waals surface area contributed by atoms with Crippen molar-refractivity contribution >= 4 is 28.9 Å². The van der Waals surface area contributed by atoms with Crippen LogP contribution < -0.4 is 4.74 Å². The molecule has 0 saturated heterocycles. The third-order valence-electron chi connectivity index (χ3n) is 4.13. The van der Waals surface area contributed by atoms with Crippen molar-refractivity contribution in [3.8, 4) is 5.75 Å². The Hall–Kier alpha value is -3.65. The molecule has 3 rings (SSSR count). The Morgan fingerprint density at radius 1 is 1.00 bits per heavy atom. The number of aliphatic hydroxyl groups is 1. The topological polar surface area (TPSA) is 104 Å². The molecule has 0 atom stereocenters. The summed E-state index contributed by atoms with van der Waals surface area (Å²) in [7, 11) is 0. The lowest BCUT2D eigenvalue weighted by atomic mass is 10.1. The number of para-hydroxylation sites is 2. The van der Waals surface area contributed by atoms with Crippen LogP contribution in [-0.2, 0) is 21.2 Å². The van der Waals surface area contributed by atoms with Gasteiger partial charge in [-0.2, -0.15) is 0 Å². The van der Waals surface area contributed by atoms with E-state index in [-0.39, 0.29) is 17.9 Å². The van der Waals surface area contributed by atoms with Gasteiger partial charge in [-0.05, 0) is 25.1 Å². The minimum absolute atomic E-state index is 0.0128. The van der Waals surface area contributed by atoms with E-state index < -0.39 is 18.0 Å². The molecule has 0 aliphatic rings. The Labute approximate surface area is 159 Å². The van der Waals surface area contributed by atoms with E-state index in [9.17, 15) is 19.5 Å². The summed E-state index contributed by atoms with van der Waals surface area (Å²) in [6.07, 6.45) is -0.952. The van der Waals surface area contributed by atoms with Gasteiger partial charge in [0, 0.05) is 23.6 Å². The van der Waals surface area contributed by atoms with E-state index >= 15 is 0 Å². The van der Waals surface area contributed by atoms with E-state index in [1.807, 2.05) is 0 Å². The fourth-order valence-electron chi connectivity index (χ4n) is 2.90. The normalized spacial score (nSPS) is 10.5. The van der Waals surface area contributed by atoms with E-state index in [4.69, 9.17) is 9.62 Å². The predicted molar refractivity (Wildman–Crippen MR) is 97.6 cm³/mol. The molecule has 2 aromatic carbocycles. The predicted octanol–water partition coefficient (Wildman–Crippen LogP) is 3.12. The lowest BCUT2D eigenvalue weighted by Gasteiger charge is -2.09. The summed E-state index contributed by atoms with van der Waals surface area (Å²) in [5, 5.41) is 10.3. The number of rotatable bonds is 3. The first-order valence-electron chi connectivity index (χ1n) is 8.34. The van der Waals surface area contributed by atoms with Crippen LogP contribution in [-0.4, -0.2) is 27.7 Å². The number of fused-ring (bicyclic) bond motifs is 1. The summed E-state index contributed by atoms with van der Waals surface area (Å²) in [5.41, 5.74) is 1.46. The van der Waals surface area contributed by atoms with Crippen LogP contribution in [0.15, 0.2) is 48.5 Å². The van der Waals surface area contributed by atoms with Crippen LogP contribution in [0.3, 0.4) is 0 Å². The van der Waals surface area contributed by atoms with Crippen LogP contribution in [0.25, 0.3) is 10.9 Å². The van der Waals surface area contributed by atoms with Gasteiger partial charge in [-0.15, -0.1) is 0 Å². The SMILES string of the molecule is CC(=O)Oc1ccccc1C(=O)OOC(=O)n1c(C)c(CO)c2ccccc21. The molecular formula is C20H17NO7. The second-order valence-corrected chi connectivity index (χ2v) is 5.88. The van der Waals surface area contributed by atoms with Gasteiger partial charge < -0.3 is 9.84 Å². The zero-order valence-electron chi connectivity index (χ0n) is 15.2. The van der Waals surface area contributed by atoms with E-state index in [2.05, 4.69) is 4.89 Å². The molecular weight excluding hydrogens is 366 g/mol. The first-order chi connectivity index (χ1) is 13.4. The summed E-state index contributed by atoms with van der Waals surface area (Å²) >= 11 is 0. The molecule has 0 aliphatic carbocycles. The van der Waals surface area contributed by atoms with E-state index in [1.165, 1.54) is 23.6 Å². The Morgan fingerprint density at radius 2 is 1.68 bits per heavy atom. The number of carbonyl (C=O) groups is 3. The van der Waals surface area contributed by atoms with Crippen molar-refractivity contribution in [2.75, 3.05) is 0 Å². The Balaban J connectivity index is 1.82. The van der Waals surface area contributed by atoms with Crippen LogP contribution in [0.5, 0.6) is 5.75 Å². The molecule has 0 unspecified atom stereocenters. The molecule has 0 amide bonds. The van der Waals surface area contributed by atoms with Gasteiger partial charge in [0.1, 0.15) is 11.3 Å². The summed E-state index contributed by atoms with van der Waals surface area (Å²) in [6, 6.07) is 12.9. The number of nitrogens with zero attached hydrogens (tertiary/aromatic N) is 1. The molecule has 0 saturated carbocycles. The first kappa shape index (κ1) is 19.1. The maximum atomic E-state index is 12.5. The van der Waals surface area contributed by atoms with Crippen molar-refractivity contribution in [3.05, 3.63) is 65.4 Å². The van der Waals surface area contributed by atoms with Gasteiger partial charge >= 0.3 is 18.0 Å². The second-order valence-electron chi connectivity index (χ2n) is 5.88. The molecule has 1 N–H and O–H groups in total. The van der Waals surface area contributed by atoms with Crippen molar-refractivity contribution in [2.45, 2.75) is 20.5 Å². The number of esters is 1. The average Bonchev–Trinajstić information content (AvgIpc) is 2.97. The summed E-state index contributed by atoms with van der Waals surface area (Å²) in [6.45, 7) is 2.58. The lowest BCUT2D eigenvalue weighted by Crippen LogP contribution is -2.19. The van der Waals surface area contributed by atoms with Gasteiger partial charge in [0.05, 0.1) is 12.1 Å².